The number of aliphatic hydroxyl groups excluding tert-OH is 1. The number of hydrogen-bond donors (Lipinski definition) is 3. The average molecular weight is 1620 g/mol. The van der Waals surface area contributed by atoms with Crippen LogP contribution in [-0.4, -0.2) is 96.7 Å². The van der Waals surface area contributed by atoms with Crippen LogP contribution in [-0.2, 0) is 65.4 Å². The molecule has 19 heteroatoms. The van der Waals surface area contributed by atoms with Gasteiger partial charge in [-0.1, -0.05) is 309 Å². The number of aliphatic hydroxyl groups is 1. The number of carbonyl (C=O) groups excluding carboxylic acids is 4. The SMILES string of the molecule is CC/C=C\C/C=C\C/C=C\C/C=C\C/C=C\C/C=C\CCC(=O)OC[C@H](COP(=O)(O)OC[C@@H](O)COP(=O)(O)OC[C@@H](COC(=O)CC/C=C\C/C=C\C/C=C\C/C=C\C/C=C\C/C=C\CC)OC(=O)CCC/C=C\C/C=C\C/C=C\C/C=C\CCCCC)OC(=O)CC/C=C\C/C=C\C/C=C\C/C=C\C/C=C\CCCCC. The van der Waals surface area contributed by atoms with Crippen LogP contribution in [0.15, 0.2) is 255 Å². The van der Waals surface area contributed by atoms with Crippen molar-refractivity contribution in [1.82, 2.24) is 0 Å². The maximum atomic E-state index is 13.1. The van der Waals surface area contributed by atoms with Crippen molar-refractivity contribution in [2.24, 2.45) is 0 Å². The van der Waals surface area contributed by atoms with Gasteiger partial charge in [-0.2, -0.15) is 0 Å². The predicted octanol–water partition coefficient (Wildman–Crippen LogP) is 25.3. The number of allylic oxidation sites excluding steroid dienone is 42. The zero-order valence-corrected chi connectivity index (χ0v) is 71.4. The molecule has 0 aromatic heterocycles. The molecular formula is C95H144O17P2. The average Bonchev–Trinajstić information content (AvgIpc) is 0.899. The Labute approximate surface area is 688 Å². The van der Waals surface area contributed by atoms with Gasteiger partial charge in [-0.05, 0) is 180 Å². The second kappa shape index (κ2) is 83.5. The summed E-state index contributed by atoms with van der Waals surface area (Å²) in [5, 5.41) is 10.7. The summed E-state index contributed by atoms with van der Waals surface area (Å²) in [6, 6.07) is 0. The highest BCUT2D eigenvalue weighted by Crippen LogP contribution is 2.45. The van der Waals surface area contributed by atoms with E-state index in [1.54, 1.807) is 0 Å². The van der Waals surface area contributed by atoms with E-state index >= 15 is 0 Å². The lowest BCUT2D eigenvalue weighted by Crippen LogP contribution is -2.30. The van der Waals surface area contributed by atoms with Crippen LogP contribution in [0.5, 0.6) is 0 Å². The summed E-state index contributed by atoms with van der Waals surface area (Å²) in [7, 11) is -10.1. The third-order valence-corrected chi connectivity index (χ3v) is 17.9. The Balaban J connectivity index is 5.67. The van der Waals surface area contributed by atoms with Crippen LogP contribution >= 0.6 is 15.6 Å². The molecule has 0 amide bonds. The van der Waals surface area contributed by atoms with Crippen LogP contribution in [0.2, 0.25) is 0 Å². The van der Waals surface area contributed by atoms with E-state index in [1.807, 2.05) is 66.8 Å². The molecule has 0 fully saturated rings. The standard InChI is InChI=1S/C95H144O17P2/c1-5-9-13-17-21-25-29-33-37-41-44-48-51-55-59-63-67-71-75-79-92(97)105-85-90(111-94(99)81-77-73-69-65-61-57-53-47-40-36-32-28-24-20-16-12-8-4)87-109-113(101,102)107-83-89(96)84-108-114(103,104)110-88-91(112-95(100)82-78-74-70-66-62-58-54-50-46-43-39-35-31-27-23-19-15-11-7-3)86-106-93(98)80-76-72-68-64-60-56-52-49-45-42-38-34-30-26-22-18-14-10-6-2/h9-10,13-14,21-28,33-40,44-46,48-50,53,55-60,62,65,67-72,74,89-91,96H,5-8,11-12,15-20,29-32,41-43,47,51-52,54,61,63-64,66,73,75-88H2,1-4H3,(H,101,102)(H,103,104)/b13-9-,14-10-,25-21-,26-22-,27-23-,28-24-,37-33-,38-34-,39-35-,40-36-,48-44-,49-45-,50-46-,57-53-,59-55-,60-56-,62-58-,69-65-,71-67-,72-68-,74-70-/t89-,90+,91+/m0/s1. The maximum Gasteiger partial charge on any atom is 0.472 e. The Morgan fingerprint density at radius 2 is 0.465 bits per heavy atom. The summed E-state index contributed by atoms with van der Waals surface area (Å²) in [4.78, 5) is 73.1. The molecule has 5 atom stereocenters. The Bertz CT molecular complexity index is 3170. The molecule has 636 valence electrons. The third-order valence-electron chi connectivity index (χ3n) is 16.0. The predicted molar refractivity (Wildman–Crippen MR) is 472 cm³/mol. The summed E-state index contributed by atoms with van der Waals surface area (Å²) < 4.78 is 68.4. The summed E-state index contributed by atoms with van der Waals surface area (Å²) in [6.07, 6.45) is 112. The zero-order chi connectivity index (χ0) is 83.1. The first-order valence-electron chi connectivity index (χ1n) is 41.9. The largest absolute Gasteiger partial charge is 0.472 e. The van der Waals surface area contributed by atoms with Crippen LogP contribution in [0.4, 0.5) is 0 Å². The molecule has 0 bridgehead atoms. The van der Waals surface area contributed by atoms with Gasteiger partial charge in [0.1, 0.15) is 19.3 Å². The lowest BCUT2D eigenvalue weighted by molar-refractivity contribution is -0.161. The first-order chi connectivity index (χ1) is 55.7. The molecule has 0 aliphatic carbocycles. The molecular weight excluding hydrogens is 1470 g/mol. The number of esters is 4. The molecule has 3 N–H and O–H groups in total. The molecule has 0 rings (SSSR count). The summed E-state index contributed by atoms with van der Waals surface area (Å²) >= 11 is 0. The van der Waals surface area contributed by atoms with Gasteiger partial charge in [0.25, 0.3) is 0 Å². The van der Waals surface area contributed by atoms with Gasteiger partial charge in [0, 0.05) is 25.7 Å². The van der Waals surface area contributed by atoms with Gasteiger partial charge >= 0.3 is 39.5 Å². The molecule has 0 aromatic rings. The van der Waals surface area contributed by atoms with Gasteiger partial charge in [-0.15, -0.1) is 0 Å². The maximum absolute atomic E-state index is 13.1. The Morgan fingerprint density at radius 3 is 0.719 bits per heavy atom. The van der Waals surface area contributed by atoms with Crippen molar-refractivity contribution in [1.29, 1.82) is 0 Å². The molecule has 0 saturated heterocycles. The van der Waals surface area contributed by atoms with Crippen molar-refractivity contribution in [3.05, 3.63) is 255 Å². The number of phosphoric acid groups is 2. The normalized spacial score (nSPS) is 15.0. The Morgan fingerprint density at radius 1 is 0.254 bits per heavy atom. The van der Waals surface area contributed by atoms with E-state index in [-0.39, 0.29) is 25.7 Å². The van der Waals surface area contributed by atoms with Crippen LogP contribution in [0.25, 0.3) is 0 Å². The van der Waals surface area contributed by atoms with E-state index in [0.29, 0.717) is 51.4 Å². The highest BCUT2D eigenvalue weighted by atomic mass is 31.2. The summed E-state index contributed by atoms with van der Waals surface area (Å²) in [5.74, 6) is -2.57. The smallest absolute Gasteiger partial charge is 0.462 e. The van der Waals surface area contributed by atoms with Crippen molar-refractivity contribution in [3.8, 4) is 0 Å². The molecule has 0 saturated carbocycles. The molecule has 0 aliphatic rings. The summed E-state index contributed by atoms with van der Waals surface area (Å²) in [5.41, 5.74) is 0. The lowest BCUT2D eigenvalue weighted by atomic mass is 10.2. The molecule has 0 radical (unpaired) electrons. The van der Waals surface area contributed by atoms with E-state index in [1.165, 1.54) is 38.5 Å². The van der Waals surface area contributed by atoms with Crippen molar-refractivity contribution < 1.29 is 80.2 Å². The van der Waals surface area contributed by atoms with Crippen molar-refractivity contribution in [2.45, 2.75) is 277 Å². The lowest BCUT2D eigenvalue weighted by Gasteiger charge is -2.21. The van der Waals surface area contributed by atoms with Gasteiger partial charge in [0.15, 0.2) is 12.2 Å². The monoisotopic (exact) mass is 1620 g/mol. The first kappa shape index (κ1) is 107. The zero-order valence-electron chi connectivity index (χ0n) is 69.6. The summed E-state index contributed by atoms with van der Waals surface area (Å²) in [6.45, 7) is 4.22. The minimum atomic E-state index is -5.04. The van der Waals surface area contributed by atoms with Crippen LogP contribution < -0.4 is 0 Å². The molecule has 0 aliphatic heterocycles. The van der Waals surface area contributed by atoms with Gasteiger partial charge in [-0.25, -0.2) is 9.13 Å². The molecule has 2 unspecified atom stereocenters. The molecule has 0 heterocycles. The van der Waals surface area contributed by atoms with E-state index in [2.05, 4.69) is 216 Å². The van der Waals surface area contributed by atoms with Gasteiger partial charge in [-0.3, -0.25) is 37.3 Å². The second-order valence-electron chi connectivity index (χ2n) is 26.6. The van der Waals surface area contributed by atoms with Gasteiger partial charge in [0.2, 0.25) is 0 Å². The number of hydrogen-bond acceptors (Lipinski definition) is 15. The topological polar surface area (TPSA) is 237 Å². The van der Waals surface area contributed by atoms with Crippen molar-refractivity contribution in [3.63, 3.8) is 0 Å². The van der Waals surface area contributed by atoms with Gasteiger partial charge in [0.05, 0.1) is 26.4 Å². The Kier molecular flexibility index (Phi) is 78.1. The van der Waals surface area contributed by atoms with E-state index in [4.69, 9.17) is 37.0 Å². The number of carbonyl (C=O) groups is 4. The number of ether oxygens (including phenoxy) is 4. The van der Waals surface area contributed by atoms with Crippen molar-refractivity contribution in [2.75, 3.05) is 39.6 Å². The second-order valence-corrected chi connectivity index (χ2v) is 29.5. The van der Waals surface area contributed by atoms with Crippen LogP contribution in [0.3, 0.4) is 0 Å². The number of phosphoric ester groups is 2. The molecule has 17 nitrogen and oxygen atoms in total. The fourth-order valence-electron chi connectivity index (χ4n) is 9.72. The molecule has 0 spiro atoms. The quantitative estimate of drug-likeness (QED) is 0.0169. The fourth-order valence-corrected chi connectivity index (χ4v) is 11.3. The highest BCUT2D eigenvalue weighted by Gasteiger charge is 2.30. The molecule has 114 heavy (non-hydrogen) atoms. The minimum Gasteiger partial charge on any atom is -0.462 e. The van der Waals surface area contributed by atoms with Crippen LogP contribution in [0.1, 0.15) is 259 Å². The fraction of sp³-hybridized carbons (Fsp3) is 0.516. The van der Waals surface area contributed by atoms with Crippen LogP contribution in [0, 0.1) is 0 Å². The van der Waals surface area contributed by atoms with Gasteiger partial charge < -0.3 is 33.8 Å². The minimum absolute atomic E-state index is 0.00582. The van der Waals surface area contributed by atoms with E-state index < -0.39 is 97.5 Å². The Hall–Kier alpha value is -7.40. The third kappa shape index (κ3) is 82.6. The molecule has 0 aromatic carbocycles. The highest BCUT2D eigenvalue weighted by molar-refractivity contribution is 7.47. The van der Waals surface area contributed by atoms with E-state index in [0.717, 1.165) is 116 Å². The number of rotatable bonds is 75. The van der Waals surface area contributed by atoms with E-state index in [9.17, 15) is 43.2 Å². The first-order valence-corrected chi connectivity index (χ1v) is 44.9. The van der Waals surface area contributed by atoms with Crippen molar-refractivity contribution >= 4 is 39.5 Å². The number of unbranched alkanes of at least 4 members (excludes halogenated alkanes) is 7.